The summed E-state index contributed by atoms with van der Waals surface area (Å²) in [7, 11) is 0. The number of hydrogen-bond acceptors (Lipinski definition) is 1. The van der Waals surface area contributed by atoms with Gasteiger partial charge < -0.3 is 5.32 Å². The first-order chi connectivity index (χ1) is 8.99. The maximum absolute atomic E-state index is 13.4. The highest BCUT2D eigenvalue weighted by molar-refractivity contribution is 9.10. The van der Waals surface area contributed by atoms with Gasteiger partial charge in [-0.15, -0.1) is 0 Å². The van der Waals surface area contributed by atoms with E-state index < -0.39 is 11.7 Å². The molecule has 2 rings (SSSR count). The summed E-state index contributed by atoms with van der Waals surface area (Å²) in [6.45, 7) is 0. The molecule has 19 heavy (non-hydrogen) atoms. The van der Waals surface area contributed by atoms with Crippen molar-refractivity contribution in [3.8, 4) is 0 Å². The minimum Gasteiger partial charge on any atom is -0.319 e. The Morgan fingerprint density at radius 2 is 1.79 bits per heavy atom. The van der Waals surface area contributed by atoms with Gasteiger partial charge in [-0.2, -0.15) is 0 Å². The van der Waals surface area contributed by atoms with E-state index in [0.717, 1.165) is 6.07 Å². The van der Waals surface area contributed by atoms with E-state index in [9.17, 15) is 9.18 Å². The molecule has 0 spiro atoms. The van der Waals surface area contributed by atoms with Crippen LogP contribution < -0.4 is 5.32 Å². The summed E-state index contributed by atoms with van der Waals surface area (Å²) in [6.07, 6.45) is 0. The standard InChI is InChI=1S/C13H7BrCl2FNO/c14-8-5-4-7(6-11(8)17)13(19)18-12-9(15)2-1-3-10(12)16/h1-6H,(H,18,19). The van der Waals surface area contributed by atoms with Gasteiger partial charge >= 0.3 is 0 Å². The van der Waals surface area contributed by atoms with Crippen LogP contribution in [0.4, 0.5) is 10.1 Å². The Kier molecular flexibility index (Phi) is 4.45. The quantitative estimate of drug-likeness (QED) is 0.786. The predicted molar refractivity (Wildman–Crippen MR) is 78.5 cm³/mol. The average molecular weight is 363 g/mol. The molecule has 0 unspecified atom stereocenters. The Bertz CT molecular complexity index is 628. The van der Waals surface area contributed by atoms with Crippen molar-refractivity contribution in [2.24, 2.45) is 0 Å². The largest absolute Gasteiger partial charge is 0.319 e. The third-order valence-electron chi connectivity index (χ3n) is 2.38. The van der Waals surface area contributed by atoms with E-state index in [-0.39, 0.29) is 5.56 Å². The fourth-order valence-electron chi connectivity index (χ4n) is 1.44. The van der Waals surface area contributed by atoms with Crippen molar-refractivity contribution in [1.29, 1.82) is 0 Å². The van der Waals surface area contributed by atoms with E-state index in [1.165, 1.54) is 12.1 Å². The molecular formula is C13H7BrCl2FNO. The molecule has 0 bridgehead atoms. The first kappa shape index (κ1) is 14.3. The van der Waals surface area contributed by atoms with Gasteiger partial charge in [-0.05, 0) is 46.3 Å². The van der Waals surface area contributed by atoms with Gasteiger partial charge in [0.05, 0.1) is 20.2 Å². The Hall–Kier alpha value is -1.10. The second kappa shape index (κ2) is 5.90. The van der Waals surface area contributed by atoms with Crippen molar-refractivity contribution in [2.75, 3.05) is 5.32 Å². The molecule has 0 fully saturated rings. The van der Waals surface area contributed by atoms with Crippen molar-refractivity contribution < 1.29 is 9.18 Å². The van der Waals surface area contributed by atoms with Gasteiger partial charge in [0.25, 0.3) is 5.91 Å². The highest BCUT2D eigenvalue weighted by Crippen LogP contribution is 2.30. The number of carbonyl (C=O) groups excluding carboxylic acids is 1. The molecule has 0 saturated heterocycles. The zero-order valence-corrected chi connectivity index (χ0v) is 12.5. The van der Waals surface area contributed by atoms with E-state index in [4.69, 9.17) is 23.2 Å². The minimum atomic E-state index is -0.516. The van der Waals surface area contributed by atoms with Gasteiger partial charge in [0.15, 0.2) is 0 Å². The zero-order valence-electron chi connectivity index (χ0n) is 9.38. The number of anilines is 1. The highest BCUT2D eigenvalue weighted by atomic mass is 79.9. The third-order valence-corrected chi connectivity index (χ3v) is 3.66. The van der Waals surface area contributed by atoms with E-state index in [1.807, 2.05) is 0 Å². The number of rotatable bonds is 2. The average Bonchev–Trinajstić information content (AvgIpc) is 2.37. The van der Waals surface area contributed by atoms with Crippen molar-refractivity contribution >= 4 is 50.7 Å². The molecule has 1 N–H and O–H groups in total. The van der Waals surface area contributed by atoms with E-state index in [0.29, 0.717) is 20.2 Å². The minimum absolute atomic E-state index is 0.177. The lowest BCUT2D eigenvalue weighted by Gasteiger charge is -2.09. The number of nitrogens with one attached hydrogen (secondary N) is 1. The lowest BCUT2D eigenvalue weighted by molar-refractivity contribution is 0.102. The second-order valence-corrected chi connectivity index (χ2v) is 5.35. The van der Waals surface area contributed by atoms with Crippen LogP contribution in [0.15, 0.2) is 40.9 Å². The Balaban J connectivity index is 2.28. The molecule has 0 saturated carbocycles. The van der Waals surface area contributed by atoms with Crippen LogP contribution in [0.5, 0.6) is 0 Å². The summed E-state index contributed by atoms with van der Waals surface area (Å²) in [5, 5.41) is 3.19. The summed E-state index contributed by atoms with van der Waals surface area (Å²) >= 11 is 14.9. The van der Waals surface area contributed by atoms with Gasteiger partial charge in [0, 0.05) is 5.56 Å². The number of halogens is 4. The van der Waals surface area contributed by atoms with Gasteiger partial charge in [-0.3, -0.25) is 4.79 Å². The lowest BCUT2D eigenvalue weighted by Crippen LogP contribution is -2.12. The van der Waals surface area contributed by atoms with Gasteiger partial charge in [-0.25, -0.2) is 4.39 Å². The highest BCUT2D eigenvalue weighted by Gasteiger charge is 2.12. The Morgan fingerprint density at radius 1 is 1.16 bits per heavy atom. The number of carbonyl (C=O) groups is 1. The van der Waals surface area contributed by atoms with E-state index in [2.05, 4.69) is 21.2 Å². The van der Waals surface area contributed by atoms with Crippen molar-refractivity contribution in [3.63, 3.8) is 0 Å². The van der Waals surface area contributed by atoms with Crippen LogP contribution in [0, 0.1) is 5.82 Å². The topological polar surface area (TPSA) is 29.1 Å². The third kappa shape index (κ3) is 3.26. The Labute approximate surface area is 127 Å². The molecule has 0 aromatic heterocycles. The monoisotopic (exact) mass is 361 g/mol. The molecule has 0 aliphatic heterocycles. The fraction of sp³-hybridized carbons (Fsp3) is 0. The maximum Gasteiger partial charge on any atom is 0.255 e. The van der Waals surface area contributed by atoms with Crippen LogP contribution in [0.2, 0.25) is 10.0 Å². The maximum atomic E-state index is 13.4. The van der Waals surface area contributed by atoms with Gasteiger partial charge in [-0.1, -0.05) is 29.3 Å². The zero-order chi connectivity index (χ0) is 14.0. The molecule has 0 heterocycles. The number of hydrogen-bond donors (Lipinski definition) is 1. The lowest BCUT2D eigenvalue weighted by atomic mass is 10.2. The molecule has 98 valence electrons. The van der Waals surface area contributed by atoms with Crippen molar-refractivity contribution in [2.45, 2.75) is 0 Å². The molecule has 0 aliphatic carbocycles. The second-order valence-electron chi connectivity index (χ2n) is 3.68. The molecule has 0 radical (unpaired) electrons. The van der Waals surface area contributed by atoms with Crippen LogP contribution in [0.1, 0.15) is 10.4 Å². The van der Waals surface area contributed by atoms with Crippen molar-refractivity contribution in [3.05, 3.63) is 62.3 Å². The number of benzene rings is 2. The smallest absolute Gasteiger partial charge is 0.255 e. The molecule has 2 nitrogen and oxygen atoms in total. The van der Waals surface area contributed by atoms with Crippen LogP contribution in [-0.4, -0.2) is 5.91 Å². The fourth-order valence-corrected chi connectivity index (χ4v) is 2.18. The normalized spacial score (nSPS) is 10.3. The first-order valence-electron chi connectivity index (χ1n) is 5.19. The molecule has 0 aliphatic rings. The van der Waals surface area contributed by atoms with Gasteiger partial charge in [0.2, 0.25) is 0 Å². The van der Waals surface area contributed by atoms with Crippen LogP contribution in [-0.2, 0) is 0 Å². The molecule has 2 aromatic rings. The first-order valence-corrected chi connectivity index (χ1v) is 6.74. The number of amides is 1. The van der Waals surface area contributed by atoms with Crippen molar-refractivity contribution in [1.82, 2.24) is 0 Å². The molecule has 0 atom stereocenters. The molecular weight excluding hydrogens is 356 g/mol. The molecule has 1 amide bonds. The Morgan fingerprint density at radius 3 is 2.37 bits per heavy atom. The number of para-hydroxylation sites is 1. The summed E-state index contributed by atoms with van der Waals surface area (Å²) in [5.74, 6) is -1.00. The summed E-state index contributed by atoms with van der Waals surface area (Å²) in [4.78, 5) is 12.0. The SMILES string of the molecule is O=C(Nc1c(Cl)cccc1Cl)c1ccc(Br)c(F)c1. The van der Waals surface area contributed by atoms with E-state index in [1.54, 1.807) is 18.2 Å². The summed E-state index contributed by atoms with van der Waals surface area (Å²) in [5.41, 5.74) is 0.482. The molecule has 6 heteroatoms. The molecule has 2 aromatic carbocycles. The van der Waals surface area contributed by atoms with Gasteiger partial charge in [0.1, 0.15) is 5.82 Å². The summed E-state index contributed by atoms with van der Waals surface area (Å²) < 4.78 is 13.6. The summed E-state index contributed by atoms with van der Waals surface area (Å²) in [6, 6.07) is 8.95. The van der Waals surface area contributed by atoms with Crippen LogP contribution in [0.3, 0.4) is 0 Å². The van der Waals surface area contributed by atoms with Crippen LogP contribution >= 0.6 is 39.1 Å². The van der Waals surface area contributed by atoms with Crippen LogP contribution in [0.25, 0.3) is 0 Å². The predicted octanol–water partition coefficient (Wildman–Crippen LogP) is 5.15. The van der Waals surface area contributed by atoms with E-state index >= 15 is 0 Å².